The van der Waals surface area contributed by atoms with Crippen LogP contribution in [0.2, 0.25) is 0 Å². The number of amides is 1. The summed E-state index contributed by atoms with van der Waals surface area (Å²) in [5, 5.41) is 6.10. The Morgan fingerprint density at radius 2 is 2.12 bits per heavy atom. The molecule has 0 fully saturated rings. The lowest BCUT2D eigenvalue weighted by molar-refractivity contribution is 0.0963. The third kappa shape index (κ3) is 1.84. The molecule has 0 aliphatic heterocycles. The second-order valence-electron chi connectivity index (χ2n) is 4.22. The van der Waals surface area contributed by atoms with E-state index in [9.17, 15) is 9.59 Å². The fourth-order valence-electron chi connectivity index (χ4n) is 1.78. The number of nitrogens with zero attached hydrogens (tertiary/aromatic N) is 1. The van der Waals surface area contributed by atoms with Crippen LogP contribution < -0.4 is 10.9 Å². The second-order valence-corrected chi connectivity index (χ2v) is 4.22. The smallest absolute Gasteiger partial charge is 0.274 e. The first-order valence-electron chi connectivity index (χ1n) is 5.51. The number of aromatic amines is 1. The van der Waals surface area contributed by atoms with Crippen molar-refractivity contribution in [3.63, 3.8) is 0 Å². The zero-order chi connectivity index (χ0) is 12.6. The van der Waals surface area contributed by atoms with Crippen molar-refractivity contribution < 1.29 is 4.79 Å². The largest absolute Gasteiger partial charge is 0.355 e. The zero-order valence-corrected chi connectivity index (χ0v) is 10.1. The minimum absolute atomic E-state index is 0.0679. The lowest BCUT2D eigenvalue weighted by Crippen LogP contribution is -2.19. The number of nitrogens with one attached hydrogen (secondary N) is 2. The average Bonchev–Trinajstić information content (AvgIpc) is 2.65. The molecule has 5 heteroatoms. The van der Waals surface area contributed by atoms with E-state index in [0.717, 1.165) is 5.52 Å². The zero-order valence-electron chi connectivity index (χ0n) is 10.1. The number of H-pyrrole nitrogens is 1. The number of carbonyl (C=O) groups is 1. The van der Waals surface area contributed by atoms with Crippen molar-refractivity contribution in [3.8, 4) is 0 Å². The number of hydrogen-bond acceptors (Lipinski definition) is 2. The van der Waals surface area contributed by atoms with Crippen molar-refractivity contribution in [1.29, 1.82) is 0 Å². The third-order valence-corrected chi connectivity index (χ3v) is 2.72. The van der Waals surface area contributed by atoms with E-state index in [-0.39, 0.29) is 17.5 Å². The van der Waals surface area contributed by atoms with Crippen LogP contribution in [0.25, 0.3) is 10.9 Å². The van der Waals surface area contributed by atoms with Gasteiger partial charge >= 0.3 is 0 Å². The molecule has 0 saturated heterocycles. The summed E-state index contributed by atoms with van der Waals surface area (Å²) in [6.07, 6.45) is 0. The van der Waals surface area contributed by atoms with Crippen LogP contribution in [0.3, 0.4) is 0 Å². The Balaban J connectivity index is 2.65. The van der Waals surface area contributed by atoms with Crippen molar-refractivity contribution in [3.05, 3.63) is 34.1 Å². The van der Waals surface area contributed by atoms with Crippen LogP contribution >= 0.6 is 0 Å². The van der Waals surface area contributed by atoms with Crippen LogP contribution in [0.15, 0.2) is 23.0 Å². The molecule has 1 aromatic heterocycles. The maximum Gasteiger partial charge on any atom is 0.274 e. The van der Waals surface area contributed by atoms with Gasteiger partial charge in [0.25, 0.3) is 11.5 Å². The summed E-state index contributed by atoms with van der Waals surface area (Å²) in [6, 6.07) is 5.13. The van der Waals surface area contributed by atoms with Gasteiger partial charge in [-0.25, -0.2) is 4.68 Å². The molecule has 2 rings (SSSR count). The molecule has 2 aromatic rings. The minimum Gasteiger partial charge on any atom is -0.355 e. The molecule has 0 radical (unpaired) electrons. The summed E-state index contributed by atoms with van der Waals surface area (Å²) in [5.41, 5.74) is 1.14. The first kappa shape index (κ1) is 11.4. The Bertz CT molecular complexity index is 622. The maximum absolute atomic E-state index is 12.0. The van der Waals surface area contributed by atoms with Gasteiger partial charge in [-0.1, -0.05) is 0 Å². The second kappa shape index (κ2) is 4.08. The van der Waals surface area contributed by atoms with Gasteiger partial charge in [0, 0.05) is 18.7 Å². The van der Waals surface area contributed by atoms with Crippen LogP contribution in [0, 0.1) is 0 Å². The highest BCUT2D eigenvalue weighted by Crippen LogP contribution is 2.12. The van der Waals surface area contributed by atoms with Gasteiger partial charge in [-0.05, 0) is 32.0 Å². The molecular weight excluding hydrogens is 218 g/mol. The predicted octanol–water partition coefficient (Wildman–Crippen LogP) is 1.27. The molecule has 1 amide bonds. The number of hydrogen-bond donors (Lipinski definition) is 2. The van der Waals surface area contributed by atoms with Crippen LogP contribution in [-0.4, -0.2) is 22.7 Å². The maximum atomic E-state index is 12.0. The van der Waals surface area contributed by atoms with Gasteiger partial charge in [-0.15, -0.1) is 0 Å². The number of benzene rings is 1. The lowest BCUT2D eigenvalue weighted by atomic mass is 10.1. The Hall–Kier alpha value is -2.04. The van der Waals surface area contributed by atoms with E-state index in [0.29, 0.717) is 10.9 Å². The van der Waals surface area contributed by atoms with E-state index >= 15 is 0 Å². The number of carbonyl (C=O) groups excluding carboxylic acids is 1. The first-order chi connectivity index (χ1) is 8.04. The highest BCUT2D eigenvalue weighted by atomic mass is 16.1. The van der Waals surface area contributed by atoms with Crippen molar-refractivity contribution in [2.45, 2.75) is 19.9 Å². The van der Waals surface area contributed by atoms with Gasteiger partial charge in [0.1, 0.15) is 0 Å². The van der Waals surface area contributed by atoms with Crippen molar-refractivity contribution in [2.75, 3.05) is 7.05 Å². The molecule has 0 aliphatic carbocycles. The van der Waals surface area contributed by atoms with Crippen LogP contribution in [0.1, 0.15) is 30.2 Å². The molecule has 17 heavy (non-hydrogen) atoms. The molecule has 0 saturated carbocycles. The normalized spacial score (nSPS) is 11.1. The summed E-state index contributed by atoms with van der Waals surface area (Å²) < 4.78 is 1.55. The molecule has 1 heterocycles. The summed E-state index contributed by atoms with van der Waals surface area (Å²) >= 11 is 0. The molecule has 0 aliphatic rings. The summed E-state index contributed by atoms with van der Waals surface area (Å²) in [7, 11) is 1.57. The fraction of sp³-hybridized carbons (Fsp3) is 0.333. The van der Waals surface area contributed by atoms with E-state index in [2.05, 4.69) is 10.4 Å². The highest BCUT2D eigenvalue weighted by molar-refractivity contribution is 5.97. The van der Waals surface area contributed by atoms with Gasteiger partial charge < -0.3 is 5.32 Å². The van der Waals surface area contributed by atoms with Gasteiger partial charge in [0.2, 0.25) is 0 Å². The third-order valence-electron chi connectivity index (χ3n) is 2.72. The Kier molecular flexibility index (Phi) is 2.75. The molecule has 90 valence electrons. The molecule has 1 aromatic carbocycles. The standard InChI is InChI=1S/C12H15N3O2/c1-7(2)15-12(17)9-6-8(11(16)13-3)4-5-10(9)14-15/h4-7,14H,1-3H3,(H,13,16). The predicted molar refractivity (Wildman–Crippen MR) is 66.3 cm³/mol. The quantitative estimate of drug-likeness (QED) is 0.820. The van der Waals surface area contributed by atoms with E-state index in [4.69, 9.17) is 0 Å². The molecule has 0 bridgehead atoms. The van der Waals surface area contributed by atoms with Crippen LogP contribution in [-0.2, 0) is 0 Å². The number of rotatable bonds is 2. The molecule has 5 nitrogen and oxygen atoms in total. The molecule has 0 unspecified atom stereocenters. The molecule has 0 spiro atoms. The van der Waals surface area contributed by atoms with Gasteiger partial charge in [-0.3, -0.25) is 14.7 Å². The number of aromatic nitrogens is 2. The highest BCUT2D eigenvalue weighted by Gasteiger charge is 2.11. The minimum atomic E-state index is -0.191. The van der Waals surface area contributed by atoms with Gasteiger partial charge in [0.05, 0.1) is 10.9 Å². The fourth-order valence-corrected chi connectivity index (χ4v) is 1.78. The Morgan fingerprint density at radius 1 is 1.41 bits per heavy atom. The monoisotopic (exact) mass is 233 g/mol. The van der Waals surface area contributed by atoms with Gasteiger partial charge in [0.15, 0.2) is 0 Å². The van der Waals surface area contributed by atoms with E-state index in [1.807, 2.05) is 13.8 Å². The number of fused-ring (bicyclic) bond motifs is 1. The SMILES string of the molecule is CNC(=O)c1ccc2[nH]n(C(C)C)c(=O)c2c1. The van der Waals surface area contributed by atoms with Crippen LogP contribution in [0.4, 0.5) is 0 Å². The van der Waals surface area contributed by atoms with Crippen molar-refractivity contribution >= 4 is 16.8 Å². The lowest BCUT2D eigenvalue weighted by Gasteiger charge is -2.03. The van der Waals surface area contributed by atoms with E-state index < -0.39 is 0 Å². The summed E-state index contributed by atoms with van der Waals surface area (Å²) in [4.78, 5) is 23.5. The molecule has 2 N–H and O–H groups in total. The van der Waals surface area contributed by atoms with Crippen LogP contribution in [0.5, 0.6) is 0 Å². The summed E-state index contributed by atoms with van der Waals surface area (Å²) in [6.45, 7) is 3.85. The average molecular weight is 233 g/mol. The van der Waals surface area contributed by atoms with E-state index in [1.54, 1.807) is 29.9 Å². The topological polar surface area (TPSA) is 66.9 Å². The first-order valence-corrected chi connectivity index (χ1v) is 5.51. The van der Waals surface area contributed by atoms with Gasteiger partial charge in [-0.2, -0.15) is 0 Å². The Morgan fingerprint density at radius 3 is 2.71 bits per heavy atom. The van der Waals surface area contributed by atoms with E-state index in [1.165, 1.54) is 0 Å². The summed E-state index contributed by atoms with van der Waals surface area (Å²) in [5.74, 6) is -0.191. The molecular formula is C12H15N3O2. The van der Waals surface area contributed by atoms with Crippen molar-refractivity contribution in [2.24, 2.45) is 0 Å². The Labute approximate surface area is 98.4 Å². The van der Waals surface area contributed by atoms with Crippen molar-refractivity contribution in [1.82, 2.24) is 15.1 Å². The molecule has 0 atom stereocenters.